The summed E-state index contributed by atoms with van der Waals surface area (Å²) in [5, 5.41) is 0. The van der Waals surface area contributed by atoms with Crippen molar-refractivity contribution < 1.29 is 61.5 Å². The van der Waals surface area contributed by atoms with E-state index in [9.17, 15) is 61.5 Å². The van der Waals surface area contributed by atoms with Gasteiger partial charge in [-0.1, -0.05) is 0 Å². The molecule has 0 radical (unpaired) electrons. The largest absolute Gasteiger partial charge is 0.438 e. The molecule has 0 bridgehead atoms. The van der Waals surface area contributed by atoms with Gasteiger partial charge >= 0.3 is 30.1 Å². The Bertz CT molecular complexity index is 398. The maximum Gasteiger partial charge on any atom is 0.438 e. The van der Waals surface area contributed by atoms with Crippen LogP contribution >= 0.6 is 0 Å². The lowest BCUT2D eigenvalue weighted by Crippen LogP contribution is -2.66. The van der Waals surface area contributed by atoms with Gasteiger partial charge in [-0.3, -0.25) is 0 Å². The average Bonchev–Trinajstić information content (AvgIpc) is 2.07. The van der Waals surface area contributed by atoms with Crippen molar-refractivity contribution in [2.75, 3.05) is 0 Å². The third kappa shape index (κ3) is 3.02. The molecule has 0 aliphatic rings. The minimum Gasteiger partial charge on any atom is -0.216 e. The highest BCUT2D eigenvalue weighted by atomic mass is 19.4. The summed E-state index contributed by atoms with van der Waals surface area (Å²) < 4.78 is 169. The highest BCUT2D eigenvalue weighted by Gasteiger charge is 2.87. The van der Waals surface area contributed by atoms with Crippen LogP contribution in [-0.2, 0) is 0 Å². The van der Waals surface area contributed by atoms with E-state index in [2.05, 4.69) is 0 Å². The Kier molecular flexibility index (Phi) is 4.61. The van der Waals surface area contributed by atoms with Crippen molar-refractivity contribution in [3.8, 4) is 0 Å². The molecule has 0 N–H and O–H groups in total. The third-order valence-electron chi connectivity index (χ3n) is 2.00. The van der Waals surface area contributed by atoms with Crippen molar-refractivity contribution in [1.29, 1.82) is 0 Å². The molecule has 0 saturated carbocycles. The fraction of sp³-hybridized carbons (Fsp3) is 0.714. The van der Waals surface area contributed by atoms with Gasteiger partial charge in [-0.25, -0.2) is 4.39 Å². The van der Waals surface area contributed by atoms with Crippen LogP contribution in [0, 0.1) is 0 Å². The van der Waals surface area contributed by atoms with Crippen LogP contribution in [0.5, 0.6) is 0 Å². The molecule has 0 amide bonds. The first-order chi connectivity index (χ1) is 8.82. The molecule has 21 heavy (non-hydrogen) atoms. The van der Waals surface area contributed by atoms with E-state index < -0.39 is 41.8 Å². The van der Waals surface area contributed by atoms with Gasteiger partial charge in [0.25, 0.3) is 6.08 Å². The molecule has 0 aliphatic carbocycles. The smallest absolute Gasteiger partial charge is 0.216 e. The topological polar surface area (TPSA) is 0 Å². The Morgan fingerprint density at radius 1 is 0.524 bits per heavy atom. The Balaban J connectivity index is 6.62. The summed E-state index contributed by atoms with van der Waals surface area (Å²) in [6, 6.07) is 0. The fourth-order valence-electron chi connectivity index (χ4n) is 1.09. The highest BCUT2D eigenvalue weighted by Crippen LogP contribution is 2.59. The van der Waals surface area contributed by atoms with Crippen LogP contribution in [0.4, 0.5) is 61.5 Å². The Morgan fingerprint density at radius 3 is 0.952 bits per heavy atom. The molecule has 0 atom stereocenters. The van der Waals surface area contributed by atoms with E-state index in [1.54, 1.807) is 0 Å². The predicted molar refractivity (Wildman–Crippen MR) is 36.2 cm³/mol. The molecule has 0 saturated heterocycles. The van der Waals surface area contributed by atoms with Gasteiger partial charge in [0.15, 0.2) is 5.57 Å². The van der Waals surface area contributed by atoms with Crippen molar-refractivity contribution in [3.05, 3.63) is 11.7 Å². The molecule has 0 fully saturated rings. The molecule has 0 aliphatic heterocycles. The van der Waals surface area contributed by atoms with Crippen molar-refractivity contribution >= 4 is 0 Å². The van der Waals surface area contributed by atoms with Crippen molar-refractivity contribution in [1.82, 2.24) is 0 Å². The van der Waals surface area contributed by atoms with Gasteiger partial charge in [0, 0.05) is 0 Å². The zero-order valence-corrected chi connectivity index (χ0v) is 8.79. The van der Waals surface area contributed by atoms with E-state index in [4.69, 9.17) is 0 Å². The van der Waals surface area contributed by atoms with Gasteiger partial charge in [0.2, 0.25) is 0 Å². The summed E-state index contributed by atoms with van der Waals surface area (Å²) in [7, 11) is 0. The van der Waals surface area contributed by atoms with Gasteiger partial charge < -0.3 is 0 Å². The van der Waals surface area contributed by atoms with Crippen molar-refractivity contribution in [2.45, 2.75) is 30.1 Å². The molecule has 0 aromatic rings. The summed E-state index contributed by atoms with van der Waals surface area (Å²) >= 11 is 0. The molecule has 0 aromatic carbocycles. The minimum absolute atomic E-state index is 4.64. The molecule has 126 valence electrons. The van der Waals surface area contributed by atoms with E-state index >= 15 is 0 Å². The zero-order valence-electron chi connectivity index (χ0n) is 8.79. The first-order valence-corrected chi connectivity index (χ1v) is 4.15. The zero-order chi connectivity index (χ0) is 17.7. The third-order valence-corrected chi connectivity index (χ3v) is 2.00. The lowest BCUT2D eigenvalue weighted by molar-refractivity contribution is -0.393. The molecule has 0 heterocycles. The predicted octanol–water partition coefficient (Wildman–Crippen LogP) is 5.17. The fourth-order valence-corrected chi connectivity index (χ4v) is 1.09. The van der Waals surface area contributed by atoms with E-state index in [1.165, 1.54) is 0 Å². The van der Waals surface area contributed by atoms with E-state index in [-0.39, 0.29) is 0 Å². The SMILES string of the molecule is FC(F)=C(C(F)(F)F)C(F)(F)C(F)(C(F)(F)F)C(F)(F)F. The van der Waals surface area contributed by atoms with E-state index in [0.717, 1.165) is 0 Å². The van der Waals surface area contributed by atoms with Crippen LogP contribution < -0.4 is 0 Å². The normalized spacial score (nSPS) is 15.1. The molecule has 0 spiro atoms. The maximum absolute atomic E-state index is 12.9. The summed E-state index contributed by atoms with van der Waals surface area (Å²) in [5.41, 5.74) is -12.7. The second kappa shape index (κ2) is 4.90. The first-order valence-electron chi connectivity index (χ1n) is 4.15. The van der Waals surface area contributed by atoms with E-state index in [0.29, 0.717) is 0 Å². The lowest BCUT2D eigenvalue weighted by Gasteiger charge is -2.37. The maximum atomic E-state index is 12.9. The number of hydrogen-bond donors (Lipinski definition) is 0. The molecule has 0 aromatic heterocycles. The quantitative estimate of drug-likeness (QED) is 0.603. The van der Waals surface area contributed by atoms with Crippen LogP contribution in [0.1, 0.15) is 0 Å². The second-order valence-corrected chi connectivity index (χ2v) is 3.36. The molecule has 0 unspecified atom stereocenters. The van der Waals surface area contributed by atoms with Crippen molar-refractivity contribution in [2.24, 2.45) is 0 Å². The lowest BCUT2D eigenvalue weighted by atomic mass is 9.90. The summed E-state index contributed by atoms with van der Waals surface area (Å²) in [6.07, 6.45) is -27.0. The molecule has 14 heteroatoms. The molecule has 0 rings (SSSR count). The van der Waals surface area contributed by atoms with Gasteiger partial charge in [-0.15, -0.1) is 0 Å². The van der Waals surface area contributed by atoms with Crippen LogP contribution in [0.2, 0.25) is 0 Å². The van der Waals surface area contributed by atoms with Crippen LogP contribution in [-0.4, -0.2) is 30.1 Å². The summed E-state index contributed by atoms with van der Waals surface area (Å²) in [6.45, 7) is 0. The molecular formula is C7F14. The van der Waals surface area contributed by atoms with Crippen LogP contribution in [0.3, 0.4) is 0 Å². The number of hydrogen-bond acceptors (Lipinski definition) is 0. The van der Waals surface area contributed by atoms with E-state index in [1.807, 2.05) is 0 Å². The van der Waals surface area contributed by atoms with Gasteiger partial charge in [-0.2, -0.15) is 57.1 Å². The van der Waals surface area contributed by atoms with Gasteiger partial charge in [-0.05, 0) is 0 Å². The average molecular weight is 350 g/mol. The van der Waals surface area contributed by atoms with Crippen molar-refractivity contribution in [3.63, 3.8) is 0 Å². The highest BCUT2D eigenvalue weighted by molar-refractivity contribution is 5.28. The Labute approximate surface area is 105 Å². The van der Waals surface area contributed by atoms with Gasteiger partial charge in [0.1, 0.15) is 0 Å². The van der Waals surface area contributed by atoms with Crippen LogP contribution in [0.15, 0.2) is 11.7 Å². The number of rotatable bonds is 2. The van der Waals surface area contributed by atoms with Crippen LogP contribution in [0.25, 0.3) is 0 Å². The Hall–Kier alpha value is -1.24. The number of halogens is 14. The standard InChI is InChI=1S/C7F14/c8-2(9)1(4(12,13)14)3(10,11)5(15,6(16,17)18)7(19,20)21. The Morgan fingerprint density at radius 2 is 0.810 bits per heavy atom. The molecule has 0 nitrogen and oxygen atoms in total. The number of allylic oxidation sites excluding steroid dienone is 1. The number of alkyl halides is 12. The second-order valence-electron chi connectivity index (χ2n) is 3.36. The van der Waals surface area contributed by atoms with Gasteiger partial charge in [0.05, 0.1) is 0 Å². The summed E-state index contributed by atoms with van der Waals surface area (Å²) in [5.74, 6) is -7.67. The minimum atomic E-state index is -7.86. The summed E-state index contributed by atoms with van der Waals surface area (Å²) in [4.78, 5) is 0. The monoisotopic (exact) mass is 350 g/mol. The molecular weight excluding hydrogens is 350 g/mol. The first kappa shape index (κ1) is 19.8.